The maximum atomic E-state index is 13.7. The number of esters is 1. The summed E-state index contributed by atoms with van der Waals surface area (Å²) in [6.45, 7) is 20.3. The van der Waals surface area contributed by atoms with Crippen molar-refractivity contribution >= 4 is 5.97 Å². The lowest BCUT2D eigenvalue weighted by Crippen LogP contribution is -2.68. The van der Waals surface area contributed by atoms with Gasteiger partial charge in [-0.1, -0.05) is 52.0 Å². The molecule has 3 N–H and O–H groups in total. The summed E-state index contributed by atoms with van der Waals surface area (Å²) < 4.78 is 14.8. The number of aromatic nitrogens is 5. The van der Waals surface area contributed by atoms with Crippen molar-refractivity contribution in [3.8, 4) is 0 Å². The van der Waals surface area contributed by atoms with Crippen LogP contribution in [0.1, 0.15) is 129 Å². The zero-order valence-electron chi connectivity index (χ0n) is 34.8. The van der Waals surface area contributed by atoms with E-state index in [1.807, 2.05) is 6.20 Å². The molecule has 6 aliphatic rings. The first-order chi connectivity index (χ1) is 26.4. The Morgan fingerprint density at radius 2 is 1.79 bits per heavy atom. The molecule has 6 fully saturated rings. The van der Waals surface area contributed by atoms with Crippen molar-refractivity contribution in [2.45, 2.75) is 144 Å². The number of hydrogen-bond donors (Lipinski definition) is 3. The second-order valence-electron chi connectivity index (χ2n) is 20.6. The molecule has 0 spiro atoms. The Kier molecular flexibility index (Phi) is 9.56. The first kappa shape index (κ1) is 39.7. The summed E-state index contributed by atoms with van der Waals surface area (Å²) in [6, 6.07) is -0.368. The molecule has 56 heavy (non-hydrogen) atoms. The van der Waals surface area contributed by atoms with E-state index in [1.54, 1.807) is 18.7 Å². The molecule has 12 heteroatoms. The van der Waals surface area contributed by atoms with E-state index in [1.165, 1.54) is 16.3 Å². The summed E-state index contributed by atoms with van der Waals surface area (Å²) in [7, 11) is 1.57. The SMILES string of the molecule is C=C(C)[C@@H]1CC[C@]2(C(=O)OC)CC[C@]3(C)[C@H](CC[C@@H]4[C@@]5(C)C[C@@H](Cc6cn([C@H]7C[C@H](n8cc(C)c(=O)[nH]c8=O)O[C@@H]7CO)nn6)[C@H](O)C(C)(C)[C@@H]5CC[C@]43C)[C@@H]12. The molecule has 14 atom stereocenters. The van der Waals surface area contributed by atoms with Crippen LogP contribution in [0.3, 0.4) is 0 Å². The van der Waals surface area contributed by atoms with Crippen molar-refractivity contribution in [3.63, 3.8) is 0 Å². The molecule has 0 bridgehead atoms. The maximum absolute atomic E-state index is 13.7. The molecule has 8 rings (SSSR count). The number of carbonyl (C=O) groups excluding carboxylic acids is 1. The minimum absolute atomic E-state index is 0.00122. The number of H-pyrrole nitrogens is 1. The van der Waals surface area contributed by atoms with Gasteiger partial charge in [0.1, 0.15) is 12.3 Å². The zero-order chi connectivity index (χ0) is 40.3. The predicted molar refractivity (Wildman–Crippen MR) is 210 cm³/mol. The average molecular weight is 776 g/mol. The standard InChI is InChI=1S/C44H65N5O7/c1-24(2)28-12-15-44(38(53)55-9)17-16-42(7)29(35(28)44)10-11-33-41(6)20-26(36(51)40(4,5)32(41)13-14-43(33,42)8)18-27-22-49(47-46-27)30-19-34(56-31(30)23-50)48-21-25(3)37(52)45-39(48)54/h21-22,26,28-36,50-51H,1,10-20,23H2,2-9H3,(H,45,52,54)/t26-,28+,29-,30+,31-,32+,33-,34-,35-,36+,41+,42-,43-,44+/m1/s1. The molecule has 0 aromatic carbocycles. The van der Waals surface area contributed by atoms with E-state index in [0.29, 0.717) is 42.1 Å². The van der Waals surface area contributed by atoms with Gasteiger partial charge in [-0.2, -0.15) is 0 Å². The Bertz CT molecular complexity index is 2000. The van der Waals surface area contributed by atoms with Crippen LogP contribution in [0, 0.1) is 69.5 Å². The van der Waals surface area contributed by atoms with E-state index in [9.17, 15) is 24.6 Å². The van der Waals surface area contributed by atoms with Crippen molar-refractivity contribution < 1.29 is 24.5 Å². The normalized spacial score (nSPS) is 44.0. The lowest BCUT2D eigenvalue weighted by molar-refractivity contribution is -0.257. The highest BCUT2D eigenvalue weighted by atomic mass is 16.5. The Hall–Kier alpha value is -3.09. The molecule has 12 nitrogen and oxygen atoms in total. The van der Waals surface area contributed by atoms with Crippen LogP contribution in [0.4, 0.5) is 0 Å². The van der Waals surface area contributed by atoms with Crippen molar-refractivity contribution in [2.24, 2.45) is 62.6 Å². The van der Waals surface area contributed by atoms with Gasteiger partial charge < -0.3 is 19.7 Å². The van der Waals surface area contributed by atoms with Gasteiger partial charge in [-0.15, -0.1) is 5.10 Å². The number of hydrogen-bond acceptors (Lipinski definition) is 9. The molecule has 2 aromatic rings. The van der Waals surface area contributed by atoms with Gasteiger partial charge in [0.05, 0.1) is 37.0 Å². The van der Waals surface area contributed by atoms with Crippen LogP contribution in [0.15, 0.2) is 34.1 Å². The lowest BCUT2D eigenvalue weighted by Gasteiger charge is -2.73. The third-order valence-corrected chi connectivity index (χ3v) is 17.9. The summed E-state index contributed by atoms with van der Waals surface area (Å²) in [5, 5.41) is 31.6. The quantitative estimate of drug-likeness (QED) is 0.229. The minimum Gasteiger partial charge on any atom is -0.469 e. The fraction of sp³-hybridized carbons (Fsp3) is 0.795. The third-order valence-electron chi connectivity index (χ3n) is 17.9. The molecule has 0 unspecified atom stereocenters. The number of nitrogens with one attached hydrogen (secondary N) is 1. The molecule has 2 aromatic heterocycles. The number of fused-ring (bicyclic) bond motifs is 7. The smallest absolute Gasteiger partial charge is 0.330 e. The number of methoxy groups -OCH3 is 1. The van der Waals surface area contributed by atoms with Crippen LogP contribution in [0.25, 0.3) is 0 Å². The van der Waals surface area contributed by atoms with E-state index in [-0.39, 0.29) is 52.1 Å². The molecule has 3 heterocycles. The zero-order valence-corrected chi connectivity index (χ0v) is 34.8. The monoisotopic (exact) mass is 775 g/mol. The highest BCUT2D eigenvalue weighted by Crippen LogP contribution is 2.78. The first-order valence-corrected chi connectivity index (χ1v) is 21.3. The van der Waals surface area contributed by atoms with Crippen molar-refractivity contribution in [3.05, 3.63) is 56.6 Å². The van der Waals surface area contributed by atoms with Gasteiger partial charge in [-0.3, -0.25) is 19.1 Å². The lowest BCUT2D eigenvalue weighted by atomic mass is 9.31. The summed E-state index contributed by atoms with van der Waals surface area (Å²) in [4.78, 5) is 40.7. The molecule has 308 valence electrons. The number of aromatic amines is 1. The number of ether oxygens (including phenoxy) is 2. The Balaban J connectivity index is 1.06. The van der Waals surface area contributed by atoms with Crippen molar-refractivity contribution in [2.75, 3.05) is 13.7 Å². The van der Waals surface area contributed by atoms with Crippen LogP contribution >= 0.6 is 0 Å². The predicted octanol–water partition coefficient (Wildman–Crippen LogP) is 5.92. The van der Waals surface area contributed by atoms with Crippen LogP contribution in [-0.4, -0.2) is 66.7 Å². The summed E-state index contributed by atoms with van der Waals surface area (Å²) in [6.07, 6.45) is 11.8. The fourth-order valence-electron chi connectivity index (χ4n) is 15.2. The molecule has 5 saturated carbocycles. The van der Waals surface area contributed by atoms with Gasteiger partial charge in [0.25, 0.3) is 5.56 Å². The van der Waals surface area contributed by atoms with Crippen molar-refractivity contribution in [1.29, 1.82) is 0 Å². The van der Waals surface area contributed by atoms with Gasteiger partial charge in [0.2, 0.25) is 0 Å². The number of allylic oxidation sites excluding steroid dienone is 1. The number of rotatable bonds is 7. The van der Waals surface area contributed by atoms with E-state index in [2.05, 4.69) is 63.4 Å². The molecule has 1 aliphatic heterocycles. The van der Waals surface area contributed by atoms with Gasteiger partial charge >= 0.3 is 11.7 Å². The fourth-order valence-corrected chi connectivity index (χ4v) is 15.2. The van der Waals surface area contributed by atoms with E-state index in [0.717, 1.165) is 63.5 Å². The molecule has 0 radical (unpaired) electrons. The molecular formula is C44H65N5O7. The van der Waals surface area contributed by atoms with Crippen LogP contribution in [0.2, 0.25) is 0 Å². The van der Waals surface area contributed by atoms with Gasteiger partial charge in [0, 0.05) is 24.4 Å². The number of nitrogens with zero attached hydrogens (tertiary/aromatic N) is 4. The second kappa shape index (κ2) is 13.5. The summed E-state index contributed by atoms with van der Waals surface area (Å²) in [5.74, 6) is 1.87. The van der Waals surface area contributed by atoms with Gasteiger partial charge in [-0.05, 0) is 135 Å². The maximum Gasteiger partial charge on any atom is 0.330 e. The molecule has 0 amide bonds. The largest absolute Gasteiger partial charge is 0.469 e. The summed E-state index contributed by atoms with van der Waals surface area (Å²) in [5.41, 5.74) is 0.857. The van der Waals surface area contributed by atoms with Crippen LogP contribution < -0.4 is 11.2 Å². The average Bonchev–Trinajstić information content (AvgIpc) is 3.89. The Morgan fingerprint density at radius 3 is 2.48 bits per heavy atom. The topological polar surface area (TPSA) is 162 Å². The van der Waals surface area contributed by atoms with E-state index in [4.69, 9.17) is 9.47 Å². The number of carbonyl (C=O) groups is 1. The molecular weight excluding hydrogens is 711 g/mol. The van der Waals surface area contributed by atoms with Crippen LogP contribution in [0.5, 0.6) is 0 Å². The Labute approximate surface area is 330 Å². The highest BCUT2D eigenvalue weighted by Gasteiger charge is 2.72. The number of aliphatic hydroxyl groups excluding tert-OH is 2. The minimum atomic E-state index is -0.676. The first-order valence-electron chi connectivity index (χ1n) is 21.3. The van der Waals surface area contributed by atoms with E-state index < -0.39 is 35.1 Å². The number of aliphatic hydroxyl groups is 2. The Morgan fingerprint density at radius 1 is 1.04 bits per heavy atom. The number of aryl methyl sites for hydroxylation is 1. The highest BCUT2D eigenvalue weighted by molar-refractivity contribution is 5.78. The molecule has 5 aliphatic carbocycles. The third kappa shape index (κ3) is 5.50. The summed E-state index contributed by atoms with van der Waals surface area (Å²) >= 11 is 0. The van der Waals surface area contributed by atoms with E-state index >= 15 is 0 Å². The second-order valence-corrected chi connectivity index (χ2v) is 20.6. The van der Waals surface area contributed by atoms with Gasteiger partial charge in [0.15, 0.2) is 0 Å². The van der Waals surface area contributed by atoms with Gasteiger partial charge in [-0.25, -0.2) is 9.48 Å². The molecule has 1 saturated heterocycles. The van der Waals surface area contributed by atoms with Crippen LogP contribution in [-0.2, 0) is 20.7 Å². The van der Waals surface area contributed by atoms with Crippen molar-refractivity contribution in [1.82, 2.24) is 24.5 Å².